The molecular formula is C14H27AlO7. The predicted molar refractivity (Wildman–Crippen MR) is 78.9 cm³/mol. The smallest absolute Gasteiger partial charge is 0.875 e. The van der Waals surface area contributed by atoms with Gasteiger partial charge in [0.25, 0.3) is 0 Å². The molecule has 0 aliphatic heterocycles. The van der Waals surface area contributed by atoms with Gasteiger partial charge in [-0.25, -0.2) is 4.79 Å². The van der Waals surface area contributed by atoms with E-state index >= 15 is 0 Å². The first-order chi connectivity index (χ1) is 9.99. The minimum atomic E-state index is -0.565. The van der Waals surface area contributed by atoms with Gasteiger partial charge in [-0.2, -0.15) is 0 Å². The van der Waals surface area contributed by atoms with Crippen LogP contribution >= 0.6 is 0 Å². The van der Waals surface area contributed by atoms with Crippen LogP contribution in [0.2, 0.25) is 0 Å². The molecule has 0 spiro atoms. The molecule has 0 amide bonds. The fraction of sp³-hybridized carbons (Fsp3) is 0.786. The number of hydrogen-bond acceptors (Lipinski definition) is 7. The van der Waals surface area contributed by atoms with Crippen LogP contribution < -0.4 is 15.3 Å². The van der Waals surface area contributed by atoms with Crippen LogP contribution in [0, 0.1) is 0 Å². The molecule has 0 N–H and O–H groups in total. The zero-order valence-electron chi connectivity index (χ0n) is 14.0. The van der Waals surface area contributed by atoms with Gasteiger partial charge in [0.05, 0.1) is 6.61 Å². The molecule has 0 aliphatic carbocycles. The first kappa shape index (κ1) is 29.4. The summed E-state index contributed by atoms with van der Waals surface area (Å²) in [5, 5.41) is 29.3. The van der Waals surface area contributed by atoms with E-state index in [9.17, 15) is 20.1 Å². The van der Waals surface area contributed by atoms with E-state index in [4.69, 9.17) is 0 Å². The topological polar surface area (TPSA) is 114 Å². The molecule has 0 aromatic heterocycles. The van der Waals surface area contributed by atoms with Crippen LogP contribution in [-0.2, 0) is 19.0 Å². The Hall–Kier alpha value is -0.618. The number of ether oxygens (including phenoxy) is 3. The molecule has 0 rings (SSSR count). The Morgan fingerprint density at radius 2 is 1.36 bits per heavy atom. The van der Waals surface area contributed by atoms with Crippen molar-refractivity contribution in [1.29, 1.82) is 0 Å². The van der Waals surface area contributed by atoms with E-state index in [1.54, 1.807) is 6.92 Å². The van der Waals surface area contributed by atoms with E-state index in [1.807, 2.05) is 13.8 Å². The zero-order valence-corrected chi connectivity index (χ0v) is 15.1. The van der Waals surface area contributed by atoms with Gasteiger partial charge in [-0.3, -0.25) is 0 Å². The second kappa shape index (κ2) is 28.5. The van der Waals surface area contributed by atoms with E-state index < -0.39 is 5.97 Å². The van der Waals surface area contributed by atoms with Crippen molar-refractivity contribution in [2.45, 2.75) is 27.7 Å². The quantitative estimate of drug-likeness (QED) is 0.169. The standard InChI is InChI=1S/C6H10O3.2C4H9O2.Al/c1-3-9-6(8)4-5(2)7;2*1-2-6-4-3-5;/h4,7H,3H2,1-2H3;2*2-4H2,1H3;/q;2*-1;+3/p-1/b5-4-;;;. The molecule has 0 bridgehead atoms. The molecular weight excluding hydrogens is 307 g/mol. The second-order valence-corrected chi connectivity index (χ2v) is 3.31. The molecule has 0 saturated heterocycles. The average Bonchev–Trinajstić information content (AvgIpc) is 2.43. The summed E-state index contributed by atoms with van der Waals surface area (Å²) in [6.45, 7) is 8.83. The normalized spacial score (nSPS) is 9.45. The number of carbonyl (C=O) groups is 1. The molecule has 0 saturated carbocycles. The summed E-state index contributed by atoms with van der Waals surface area (Å²) in [4.78, 5) is 10.4. The van der Waals surface area contributed by atoms with E-state index in [0.717, 1.165) is 6.08 Å². The molecule has 7 nitrogen and oxygen atoms in total. The third-order valence-corrected chi connectivity index (χ3v) is 1.47. The summed E-state index contributed by atoms with van der Waals surface area (Å²) in [7, 11) is 0. The molecule has 0 aliphatic rings. The van der Waals surface area contributed by atoms with Gasteiger partial charge in [0.1, 0.15) is 0 Å². The van der Waals surface area contributed by atoms with E-state index in [2.05, 4.69) is 14.2 Å². The second-order valence-electron chi connectivity index (χ2n) is 3.31. The van der Waals surface area contributed by atoms with Crippen LogP contribution in [0.5, 0.6) is 0 Å². The van der Waals surface area contributed by atoms with Gasteiger partial charge >= 0.3 is 23.3 Å². The molecule has 0 heterocycles. The molecule has 22 heavy (non-hydrogen) atoms. The van der Waals surface area contributed by atoms with Crippen LogP contribution in [0.4, 0.5) is 0 Å². The minimum Gasteiger partial charge on any atom is -0.875 e. The Balaban J connectivity index is -0.000000112. The average molecular weight is 334 g/mol. The third kappa shape index (κ3) is 42.7. The number of hydrogen-bond donors (Lipinski definition) is 0. The molecule has 128 valence electrons. The molecule has 8 heteroatoms. The fourth-order valence-corrected chi connectivity index (χ4v) is 0.756. The van der Waals surface area contributed by atoms with Gasteiger partial charge in [0.2, 0.25) is 0 Å². The largest absolute Gasteiger partial charge is 3.00 e. The van der Waals surface area contributed by atoms with Crippen LogP contribution in [0.25, 0.3) is 0 Å². The Bertz CT molecular complexity index is 215. The summed E-state index contributed by atoms with van der Waals surface area (Å²) in [6, 6.07) is 0. The number of rotatable bonds is 8. The van der Waals surface area contributed by atoms with Gasteiger partial charge in [0, 0.05) is 32.5 Å². The molecule has 0 radical (unpaired) electrons. The van der Waals surface area contributed by atoms with E-state index in [1.165, 1.54) is 6.92 Å². The van der Waals surface area contributed by atoms with Gasteiger partial charge in [-0.15, -0.1) is 19.0 Å². The maximum atomic E-state index is 10.4. The van der Waals surface area contributed by atoms with Crippen LogP contribution in [0.15, 0.2) is 11.8 Å². The van der Waals surface area contributed by atoms with Crippen LogP contribution in [0.1, 0.15) is 27.7 Å². The van der Waals surface area contributed by atoms with Crippen molar-refractivity contribution < 1.29 is 34.3 Å². The number of esters is 1. The SMILES string of the molecule is CCOC(=O)/C=C(/C)[O-].CCOCC[O-].CCOCC[O-].[Al+3]. The maximum Gasteiger partial charge on any atom is 3.00 e. The van der Waals surface area contributed by atoms with E-state index in [0.29, 0.717) is 33.0 Å². The molecule has 0 unspecified atom stereocenters. The number of allylic oxidation sites excluding steroid dienone is 1. The van der Waals surface area contributed by atoms with Crippen molar-refractivity contribution in [3.63, 3.8) is 0 Å². The number of carbonyl (C=O) groups excluding carboxylic acids is 1. The predicted octanol–water partition coefficient (Wildman–Crippen LogP) is -1.80. The molecule has 0 aromatic rings. The fourth-order valence-electron chi connectivity index (χ4n) is 0.756. The molecule has 0 atom stereocenters. The summed E-state index contributed by atoms with van der Waals surface area (Å²) >= 11 is 0. The van der Waals surface area contributed by atoms with Gasteiger partial charge in [0.15, 0.2) is 0 Å². The molecule has 0 aromatic carbocycles. The van der Waals surface area contributed by atoms with Crippen LogP contribution in [0.3, 0.4) is 0 Å². The van der Waals surface area contributed by atoms with Crippen molar-refractivity contribution >= 4 is 23.3 Å². The Kier molecular flexibility index (Phi) is 38.1. The van der Waals surface area contributed by atoms with Gasteiger partial charge < -0.3 is 29.5 Å². The summed E-state index contributed by atoms with van der Waals surface area (Å²) in [5.41, 5.74) is 0. The maximum absolute atomic E-state index is 10.4. The van der Waals surface area contributed by atoms with Crippen molar-refractivity contribution in [3.8, 4) is 0 Å². The summed E-state index contributed by atoms with van der Waals surface area (Å²) < 4.78 is 13.8. The Morgan fingerprint density at radius 3 is 1.55 bits per heavy atom. The zero-order chi connectivity index (χ0) is 16.9. The van der Waals surface area contributed by atoms with Crippen molar-refractivity contribution in [2.24, 2.45) is 0 Å². The molecule has 0 fully saturated rings. The van der Waals surface area contributed by atoms with Gasteiger partial charge in [-0.1, -0.05) is 6.92 Å². The van der Waals surface area contributed by atoms with Gasteiger partial charge in [-0.05, 0) is 20.8 Å². The first-order valence-electron chi connectivity index (χ1n) is 6.83. The van der Waals surface area contributed by atoms with Crippen molar-refractivity contribution in [3.05, 3.63) is 11.8 Å². The van der Waals surface area contributed by atoms with Crippen molar-refractivity contribution in [1.82, 2.24) is 0 Å². The first-order valence-corrected chi connectivity index (χ1v) is 6.83. The summed E-state index contributed by atoms with van der Waals surface area (Å²) in [5.74, 6) is -0.849. The minimum absolute atomic E-state index is 0. The summed E-state index contributed by atoms with van der Waals surface area (Å²) in [6.07, 6.45) is 0.920. The third-order valence-electron chi connectivity index (χ3n) is 1.47. The monoisotopic (exact) mass is 334 g/mol. The van der Waals surface area contributed by atoms with Crippen LogP contribution in [-0.4, -0.2) is 69.6 Å². The van der Waals surface area contributed by atoms with Crippen molar-refractivity contribution in [2.75, 3.05) is 46.2 Å². The van der Waals surface area contributed by atoms with E-state index in [-0.39, 0.29) is 36.3 Å². The Labute approximate surface area is 144 Å². The Morgan fingerprint density at radius 1 is 0.955 bits per heavy atom.